The first kappa shape index (κ1) is 15.1. The first-order valence-corrected chi connectivity index (χ1v) is 7.60. The second-order valence-electron chi connectivity index (χ2n) is 3.54. The lowest BCUT2D eigenvalue weighted by Crippen LogP contribution is -2.15. The van der Waals surface area contributed by atoms with Crippen LogP contribution in [0.15, 0.2) is 33.9 Å². The van der Waals surface area contributed by atoms with Crippen molar-refractivity contribution in [3.05, 3.63) is 45.9 Å². The lowest BCUT2D eigenvalue weighted by Gasteiger charge is -2.09. The van der Waals surface area contributed by atoms with Crippen molar-refractivity contribution >= 4 is 43.2 Å². The molecule has 1 aromatic carbocycles. The van der Waals surface area contributed by atoms with Crippen LogP contribution in [0.2, 0.25) is 5.28 Å². The Morgan fingerprint density at radius 3 is 2.15 bits per heavy atom. The fourth-order valence-corrected chi connectivity index (χ4v) is 2.74. The Morgan fingerprint density at radius 1 is 1.15 bits per heavy atom. The zero-order chi connectivity index (χ0) is 14.9. The molecule has 2 rings (SSSR count). The van der Waals surface area contributed by atoms with Crippen LogP contribution in [-0.2, 0) is 10.0 Å². The van der Waals surface area contributed by atoms with Gasteiger partial charge in [-0.1, -0.05) is 15.9 Å². The zero-order valence-corrected chi connectivity index (χ0v) is 12.6. The van der Waals surface area contributed by atoms with Gasteiger partial charge in [0.05, 0.1) is 12.4 Å². The Balaban J connectivity index is 2.41. The Morgan fingerprint density at radius 2 is 1.65 bits per heavy atom. The Labute approximate surface area is 126 Å². The van der Waals surface area contributed by atoms with Crippen LogP contribution in [0.5, 0.6) is 0 Å². The number of anilines is 1. The molecule has 0 unspecified atom stereocenters. The average molecular weight is 385 g/mol. The van der Waals surface area contributed by atoms with E-state index in [-0.39, 0.29) is 14.7 Å². The van der Waals surface area contributed by atoms with Crippen LogP contribution in [0.25, 0.3) is 0 Å². The predicted octanol–water partition coefficient (Wildman–Crippen LogP) is 2.97. The normalized spacial score (nSPS) is 11.4. The molecule has 5 nitrogen and oxygen atoms in total. The van der Waals surface area contributed by atoms with Gasteiger partial charge in [-0.05, 0) is 23.7 Å². The molecule has 0 aliphatic heterocycles. The van der Waals surface area contributed by atoms with Crippen molar-refractivity contribution in [2.24, 2.45) is 0 Å². The van der Waals surface area contributed by atoms with Crippen molar-refractivity contribution in [3.8, 4) is 0 Å². The maximum atomic E-state index is 13.6. The van der Waals surface area contributed by atoms with Gasteiger partial charge < -0.3 is 0 Å². The number of aromatic nitrogens is 2. The van der Waals surface area contributed by atoms with E-state index >= 15 is 0 Å². The zero-order valence-electron chi connectivity index (χ0n) is 9.44. The molecule has 0 radical (unpaired) electrons. The summed E-state index contributed by atoms with van der Waals surface area (Å²) in [5.74, 6) is -2.12. The molecule has 106 valence electrons. The molecule has 0 saturated carbocycles. The number of halogens is 4. The number of hydrogen-bond donors (Lipinski definition) is 1. The summed E-state index contributed by atoms with van der Waals surface area (Å²) in [6.45, 7) is 0. The number of rotatable bonds is 3. The van der Waals surface area contributed by atoms with Crippen LogP contribution in [0.4, 0.5) is 14.5 Å². The maximum absolute atomic E-state index is 13.6. The lowest BCUT2D eigenvalue weighted by molar-refractivity contribution is 0.581. The van der Waals surface area contributed by atoms with Crippen LogP contribution < -0.4 is 4.72 Å². The molecule has 1 N–H and O–H groups in total. The highest BCUT2D eigenvalue weighted by molar-refractivity contribution is 9.10. The first-order chi connectivity index (χ1) is 9.29. The summed E-state index contributed by atoms with van der Waals surface area (Å²) >= 11 is 8.31. The summed E-state index contributed by atoms with van der Waals surface area (Å²) in [5, 5.41) is -0.148. The number of benzene rings is 1. The summed E-state index contributed by atoms with van der Waals surface area (Å²) in [4.78, 5) is 6.60. The van der Waals surface area contributed by atoms with Crippen LogP contribution in [0, 0.1) is 11.6 Å². The van der Waals surface area contributed by atoms with Crippen LogP contribution in [0.3, 0.4) is 0 Å². The third kappa shape index (κ3) is 3.22. The second kappa shape index (κ2) is 5.58. The summed E-state index contributed by atoms with van der Waals surface area (Å²) in [7, 11) is -4.22. The molecule has 0 aliphatic carbocycles. The molecule has 2 aromatic rings. The third-order valence-electron chi connectivity index (χ3n) is 2.15. The smallest absolute Gasteiger partial charge is 0.265 e. The molecule has 10 heteroatoms. The van der Waals surface area contributed by atoms with Gasteiger partial charge in [-0.3, -0.25) is 4.72 Å². The van der Waals surface area contributed by atoms with Crippen molar-refractivity contribution in [1.29, 1.82) is 0 Å². The molecule has 1 heterocycles. The number of sulfonamides is 1. The quantitative estimate of drug-likeness (QED) is 0.826. The Hall–Kier alpha value is -1.32. The van der Waals surface area contributed by atoms with E-state index in [9.17, 15) is 17.2 Å². The molecule has 0 spiro atoms. The molecule has 0 atom stereocenters. The summed E-state index contributed by atoms with van der Waals surface area (Å²) in [5.41, 5.74) is -0.789. The third-order valence-corrected chi connectivity index (χ3v) is 4.11. The molecule has 0 aliphatic rings. The van der Waals surface area contributed by atoms with Crippen LogP contribution in [-0.4, -0.2) is 18.4 Å². The van der Waals surface area contributed by atoms with Crippen molar-refractivity contribution in [3.63, 3.8) is 0 Å². The molecule has 20 heavy (non-hydrogen) atoms. The van der Waals surface area contributed by atoms with E-state index in [4.69, 9.17) is 11.6 Å². The standard InChI is InChI=1S/C10H5BrClF2N3O2S/c11-5-1-7(13)9(8(14)2-5)17-20(18,19)6-3-15-10(12)16-4-6/h1-4,17H. The van der Waals surface area contributed by atoms with Gasteiger partial charge in [0, 0.05) is 4.47 Å². The van der Waals surface area contributed by atoms with Gasteiger partial charge in [-0.2, -0.15) is 0 Å². The van der Waals surface area contributed by atoms with Gasteiger partial charge in [0.15, 0.2) is 11.6 Å². The number of hydrogen-bond acceptors (Lipinski definition) is 4. The van der Waals surface area contributed by atoms with Gasteiger partial charge in [0.25, 0.3) is 10.0 Å². The second-order valence-corrected chi connectivity index (χ2v) is 6.47. The fourth-order valence-electron chi connectivity index (χ4n) is 1.27. The minimum Gasteiger partial charge on any atom is -0.274 e. The lowest BCUT2D eigenvalue weighted by atomic mass is 10.3. The molecular weight excluding hydrogens is 380 g/mol. The van der Waals surface area contributed by atoms with Gasteiger partial charge in [-0.25, -0.2) is 27.2 Å². The van der Waals surface area contributed by atoms with Crippen LogP contribution >= 0.6 is 27.5 Å². The van der Waals surface area contributed by atoms with E-state index in [1.165, 1.54) is 0 Å². The van der Waals surface area contributed by atoms with Crippen molar-refractivity contribution in [1.82, 2.24) is 9.97 Å². The van der Waals surface area contributed by atoms with E-state index in [0.717, 1.165) is 24.5 Å². The molecule has 0 amide bonds. The topological polar surface area (TPSA) is 72.0 Å². The molecular formula is C10H5BrClF2N3O2S. The monoisotopic (exact) mass is 383 g/mol. The molecule has 0 bridgehead atoms. The van der Waals surface area contributed by atoms with E-state index in [0.29, 0.717) is 0 Å². The van der Waals surface area contributed by atoms with Crippen molar-refractivity contribution < 1.29 is 17.2 Å². The van der Waals surface area contributed by atoms with Crippen LogP contribution in [0.1, 0.15) is 0 Å². The van der Waals surface area contributed by atoms with Crippen molar-refractivity contribution in [2.45, 2.75) is 4.90 Å². The Kier molecular flexibility index (Phi) is 4.21. The van der Waals surface area contributed by atoms with E-state index in [2.05, 4.69) is 25.9 Å². The number of nitrogens with zero attached hydrogens (tertiary/aromatic N) is 2. The van der Waals surface area contributed by atoms with E-state index < -0.39 is 27.3 Å². The Bertz CT molecular complexity index is 733. The SMILES string of the molecule is O=S(=O)(Nc1c(F)cc(Br)cc1F)c1cnc(Cl)nc1. The van der Waals surface area contributed by atoms with Crippen molar-refractivity contribution in [2.75, 3.05) is 4.72 Å². The van der Waals surface area contributed by atoms with Gasteiger partial charge in [-0.15, -0.1) is 0 Å². The highest BCUT2D eigenvalue weighted by Crippen LogP contribution is 2.26. The summed E-state index contributed by atoms with van der Waals surface area (Å²) in [6, 6.07) is 1.86. The minimum atomic E-state index is -4.22. The first-order valence-electron chi connectivity index (χ1n) is 4.94. The van der Waals surface area contributed by atoms with E-state index in [1.54, 1.807) is 4.72 Å². The van der Waals surface area contributed by atoms with Gasteiger partial charge in [0.1, 0.15) is 10.6 Å². The number of nitrogens with one attached hydrogen (secondary N) is 1. The van der Waals surface area contributed by atoms with Gasteiger partial charge >= 0.3 is 0 Å². The molecule has 1 aromatic heterocycles. The highest BCUT2D eigenvalue weighted by atomic mass is 79.9. The minimum absolute atomic E-state index is 0.144. The van der Waals surface area contributed by atoms with E-state index in [1.807, 2.05) is 0 Å². The average Bonchev–Trinajstić information content (AvgIpc) is 2.34. The largest absolute Gasteiger partial charge is 0.274 e. The fraction of sp³-hybridized carbons (Fsp3) is 0. The predicted molar refractivity (Wildman–Crippen MR) is 71.9 cm³/mol. The maximum Gasteiger partial charge on any atom is 0.265 e. The molecule has 0 saturated heterocycles. The summed E-state index contributed by atoms with van der Waals surface area (Å²) < 4.78 is 52.9. The van der Waals surface area contributed by atoms with Gasteiger partial charge in [0.2, 0.25) is 5.28 Å². The highest BCUT2D eigenvalue weighted by Gasteiger charge is 2.20. The summed E-state index contributed by atoms with van der Waals surface area (Å²) in [6.07, 6.45) is 1.85. The molecule has 0 fully saturated rings.